The first-order valence-electron chi connectivity index (χ1n) is 8.07. The third kappa shape index (κ3) is 4.60. The summed E-state index contributed by atoms with van der Waals surface area (Å²) in [6.45, 7) is 6.68. The van der Waals surface area contributed by atoms with Gasteiger partial charge in [-0.05, 0) is 49.3 Å². The van der Waals surface area contributed by atoms with Crippen molar-refractivity contribution in [1.82, 2.24) is 4.90 Å². The lowest BCUT2D eigenvalue weighted by molar-refractivity contribution is 0.198. The molecule has 2 heteroatoms. The number of hydrogen-bond acceptors (Lipinski definition) is 2. The van der Waals surface area contributed by atoms with Crippen LogP contribution in [-0.2, 0) is 6.42 Å². The average Bonchev–Trinajstić information content (AvgIpc) is 2.34. The SMILES string of the molecule is CC(C)Cc1ccc(C(N)CN(C)CC2CCC2)cc1. The second-order valence-corrected chi connectivity index (χ2v) is 6.96. The number of rotatable bonds is 7. The van der Waals surface area contributed by atoms with E-state index in [9.17, 15) is 0 Å². The lowest BCUT2D eigenvalue weighted by Crippen LogP contribution is -2.34. The Bertz CT molecular complexity index is 392. The van der Waals surface area contributed by atoms with Gasteiger partial charge in [-0.1, -0.05) is 44.5 Å². The Morgan fingerprint density at radius 2 is 1.85 bits per heavy atom. The molecule has 1 aliphatic rings. The smallest absolute Gasteiger partial charge is 0.0424 e. The molecular formula is C18H30N2. The molecule has 0 aromatic heterocycles. The summed E-state index contributed by atoms with van der Waals surface area (Å²) in [7, 11) is 2.20. The molecule has 0 spiro atoms. The van der Waals surface area contributed by atoms with Gasteiger partial charge in [0.2, 0.25) is 0 Å². The molecule has 0 aliphatic heterocycles. The molecule has 2 rings (SSSR count). The molecule has 1 atom stereocenters. The summed E-state index contributed by atoms with van der Waals surface area (Å²) in [5, 5.41) is 0. The Kier molecular flexibility index (Phi) is 5.62. The van der Waals surface area contributed by atoms with Crippen molar-refractivity contribution in [1.29, 1.82) is 0 Å². The van der Waals surface area contributed by atoms with Crippen molar-refractivity contribution >= 4 is 0 Å². The van der Waals surface area contributed by atoms with Crippen molar-refractivity contribution in [3.63, 3.8) is 0 Å². The predicted molar refractivity (Wildman–Crippen MR) is 86.8 cm³/mol. The third-order valence-corrected chi connectivity index (χ3v) is 4.35. The summed E-state index contributed by atoms with van der Waals surface area (Å²) in [4.78, 5) is 2.40. The van der Waals surface area contributed by atoms with E-state index in [0.29, 0.717) is 5.92 Å². The Labute approximate surface area is 124 Å². The van der Waals surface area contributed by atoms with Gasteiger partial charge in [-0.25, -0.2) is 0 Å². The van der Waals surface area contributed by atoms with E-state index in [1.807, 2.05) is 0 Å². The average molecular weight is 274 g/mol. The van der Waals surface area contributed by atoms with Gasteiger partial charge in [0.05, 0.1) is 0 Å². The minimum absolute atomic E-state index is 0.133. The van der Waals surface area contributed by atoms with Gasteiger partial charge in [0.15, 0.2) is 0 Å². The first-order valence-corrected chi connectivity index (χ1v) is 8.07. The monoisotopic (exact) mass is 274 g/mol. The van der Waals surface area contributed by atoms with Crippen LogP contribution in [0.3, 0.4) is 0 Å². The quantitative estimate of drug-likeness (QED) is 0.823. The van der Waals surface area contributed by atoms with Crippen molar-refractivity contribution < 1.29 is 0 Å². The summed E-state index contributed by atoms with van der Waals surface area (Å²) in [5.41, 5.74) is 9.02. The maximum atomic E-state index is 6.34. The van der Waals surface area contributed by atoms with Crippen molar-refractivity contribution in [3.8, 4) is 0 Å². The maximum Gasteiger partial charge on any atom is 0.0424 e. The van der Waals surface area contributed by atoms with Crippen molar-refractivity contribution in [2.24, 2.45) is 17.6 Å². The van der Waals surface area contributed by atoms with Gasteiger partial charge in [-0.15, -0.1) is 0 Å². The van der Waals surface area contributed by atoms with Gasteiger partial charge in [-0.2, -0.15) is 0 Å². The topological polar surface area (TPSA) is 29.3 Å². The molecule has 1 fully saturated rings. The first-order chi connectivity index (χ1) is 9.54. The standard InChI is InChI=1S/C18H30N2/c1-14(2)11-15-7-9-17(10-8-15)18(19)13-20(3)12-16-5-4-6-16/h7-10,14,16,18H,4-6,11-13,19H2,1-3H3. The molecule has 2 nitrogen and oxygen atoms in total. The number of benzene rings is 1. The zero-order chi connectivity index (χ0) is 14.5. The highest BCUT2D eigenvalue weighted by Gasteiger charge is 2.20. The minimum Gasteiger partial charge on any atom is -0.323 e. The van der Waals surface area contributed by atoms with E-state index in [4.69, 9.17) is 5.73 Å². The van der Waals surface area contributed by atoms with E-state index in [-0.39, 0.29) is 6.04 Å². The van der Waals surface area contributed by atoms with Crippen LogP contribution in [0.25, 0.3) is 0 Å². The van der Waals surface area contributed by atoms with Crippen LogP contribution in [-0.4, -0.2) is 25.0 Å². The molecule has 0 heterocycles. The van der Waals surface area contributed by atoms with Crippen LogP contribution in [0.4, 0.5) is 0 Å². The largest absolute Gasteiger partial charge is 0.323 e. The molecule has 1 aliphatic carbocycles. The van der Waals surface area contributed by atoms with Gasteiger partial charge in [0, 0.05) is 19.1 Å². The highest BCUT2D eigenvalue weighted by atomic mass is 15.1. The van der Waals surface area contributed by atoms with Gasteiger partial charge in [0.25, 0.3) is 0 Å². The first kappa shape index (κ1) is 15.5. The molecule has 20 heavy (non-hydrogen) atoms. The number of hydrogen-bond donors (Lipinski definition) is 1. The van der Waals surface area contributed by atoms with Crippen LogP contribution >= 0.6 is 0 Å². The van der Waals surface area contributed by atoms with E-state index < -0.39 is 0 Å². The molecule has 1 aromatic carbocycles. The molecule has 1 saturated carbocycles. The molecule has 1 aromatic rings. The fourth-order valence-electron chi connectivity index (χ4n) is 3.00. The zero-order valence-electron chi connectivity index (χ0n) is 13.3. The van der Waals surface area contributed by atoms with Gasteiger partial charge in [0.1, 0.15) is 0 Å². The molecule has 0 amide bonds. The van der Waals surface area contributed by atoms with E-state index in [1.165, 1.54) is 36.9 Å². The van der Waals surface area contributed by atoms with Crippen LogP contribution < -0.4 is 5.73 Å². The van der Waals surface area contributed by atoms with Crippen LogP contribution in [0, 0.1) is 11.8 Å². The summed E-state index contributed by atoms with van der Waals surface area (Å²) < 4.78 is 0. The Morgan fingerprint density at radius 1 is 1.20 bits per heavy atom. The summed E-state index contributed by atoms with van der Waals surface area (Å²) in [5.74, 6) is 1.63. The third-order valence-electron chi connectivity index (χ3n) is 4.35. The lowest BCUT2D eigenvalue weighted by atomic mass is 9.85. The van der Waals surface area contributed by atoms with Gasteiger partial charge < -0.3 is 10.6 Å². The molecule has 0 saturated heterocycles. The molecular weight excluding hydrogens is 244 g/mol. The van der Waals surface area contributed by atoms with Crippen molar-refractivity contribution in [2.75, 3.05) is 20.1 Å². The molecule has 2 N–H and O–H groups in total. The highest BCUT2D eigenvalue weighted by Crippen LogP contribution is 2.27. The predicted octanol–water partition coefficient (Wildman–Crippen LogP) is 3.62. The molecule has 0 radical (unpaired) electrons. The summed E-state index contributed by atoms with van der Waals surface area (Å²) in [6, 6.07) is 9.02. The minimum atomic E-state index is 0.133. The Hall–Kier alpha value is -0.860. The van der Waals surface area contributed by atoms with E-state index in [2.05, 4.69) is 50.1 Å². The van der Waals surface area contributed by atoms with Gasteiger partial charge in [-0.3, -0.25) is 0 Å². The zero-order valence-corrected chi connectivity index (χ0v) is 13.3. The Balaban J connectivity index is 1.83. The fourth-order valence-corrected chi connectivity index (χ4v) is 3.00. The fraction of sp³-hybridized carbons (Fsp3) is 0.667. The van der Waals surface area contributed by atoms with E-state index in [0.717, 1.165) is 18.9 Å². The molecule has 1 unspecified atom stereocenters. The molecule has 112 valence electrons. The van der Waals surface area contributed by atoms with Gasteiger partial charge >= 0.3 is 0 Å². The highest BCUT2D eigenvalue weighted by molar-refractivity contribution is 5.25. The number of nitrogens with two attached hydrogens (primary N) is 1. The lowest BCUT2D eigenvalue weighted by Gasteiger charge is -2.31. The second-order valence-electron chi connectivity index (χ2n) is 6.96. The van der Waals surface area contributed by atoms with E-state index >= 15 is 0 Å². The van der Waals surface area contributed by atoms with Crippen LogP contribution in [0.2, 0.25) is 0 Å². The summed E-state index contributed by atoms with van der Waals surface area (Å²) in [6.07, 6.45) is 5.38. The van der Waals surface area contributed by atoms with E-state index in [1.54, 1.807) is 0 Å². The van der Waals surface area contributed by atoms with Crippen LogP contribution in [0.15, 0.2) is 24.3 Å². The maximum absolute atomic E-state index is 6.34. The number of likely N-dealkylation sites (N-methyl/N-ethyl adjacent to an activating group) is 1. The normalized spacial score (nSPS) is 17.5. The van der Waals surface area contributed by atoms with Crippen molar-refractivity contribution in [2.45, 2.75) is 45.6 Å². The Morgan fingerprint density at radius 3 is 2.35 bits per heavy atom. The van der Waals surface area contributed by atoms with Crippen LogP contribution in [0.5, 0.6) is 0 Å². The second kappa shape index (κ2) is 7.24. The van der Waals surface area contributed by atoms with Crippen molar-refractivity contribution in [3.05, 3.63) is 35.4 Å². The van der Waals surface area contributed by atoms with Crippen LogP contribution in [0.1, 0.15) is 50.3 Å². The summed E-state index contributed by atoms with van der Waals surface area (Å²) >= 11 is 0. The molecule has 0 bridgehead atoms. The number of nitrogens with zero attached hydrogens (tertiary/aromatic N) is 1.